The van der Waals surface area contributed by atoms with Crippen LogP contribution in [0.25, 0.3) is 11.4 Å². The Morgan fingerprint density at radius 3 is 2.36 bits per heavy atom. The zero-order valence-corrected chi connectivity index (χ0v) is 15.0. The van der Waals surface area contributed by atoms with Gasteiger partial charge in [-0.15, -0.1) is 10.2 Å². The number of aliphatic hydroxyl groups is 1. The molecule has 130 valence electrons. The molecule has 0 radical (unpaired) electrons. The number of aromatic nitrogens is 3. The fraction of sp³-hybridized carbons (Fsp3) is 0.263. The maximum Gasteiger partial charge on any atom is 0.191 e. The number of halogens is 1. The quantitative estimate of drug-likeness (QED) is 0.678. The van der Waals surface area contributed by atoms with Crippen LogP contribution >= 0.6 is 11.8 Å². The molecule has 3 rings (SSSR count). The second-order valence-electron chi connectivity index (χ2n) is 6.49. The van der Waals surface area contributed by atoms with Crippen LogP contribution in [0.2, 0.25) is 0 Å². The van der Waals surface area contributed by atoms with Gasteiger partial charge in [0, 0.05) is 11.3 Å². The highest BCUT2D eigenvalue weighted by Gasteiger charge is 2.19. The molecule has 0 saturated heterocycles. The maximum absolute atomic E-state index is 13.2. The van der Waals surface area contributed by atoms with Crippen molar-refractivity contribution in [2.24, 2.45) is 0 Å². The van der Waals surface area contributed by atoms with Gasteiger partial charge in [-0.2, -0.15) is 0 Å². The van der Waals surface area contributed by atoms with Crippen molar-refractivity contribution in [1.82, 2.24) is 14.8 Å². The molecule has 1 aromatic heterocycles. The molecule has 0 fully saturated rings. The summed E-state index contributed by atoms with van der Waals surface area (Å²) in [4.78, 5) is 0. The van der Waals surface area contributed by atoms with Crippen LogP contribution in [0.3, 0.4) is 0 Å². The van der Waals surface area contributed by atoms with Crippen molar-refractivity contribution >= 4 is 11.8 Å². The number of thioether (sulfide) groups is 1. The van der Waals surface area contributed by atoms with Gasteiger partial charge in [0.1, 0.15) is 5.82 Å². The average Bonchev–Trinajstić information content (AvgIpc) is 2.97. The van der Waals surface area contributed by atoms with Crippen molar-refractivity contribution < 1.29 is 9.50 Å². The van der Waals surface area contributed by atoms with Crippen LogP contribution in [0.1, 0.15) is 19.4 Å². The van der Waals surface area contributed by atoms with E-state index in [0.717, 1.165) is 16.3 Å². The molecule has 0 saturated carbocycles. The van der Waals surface area contributed by atoms with Crippen molar-refractivity contribution in [1.29, 1.82) is 0 Å². The summed E-state index contributed by atoms with van der Waals surface area (Å²) in [6, 6.07) is 16.3. The molecule has 6 heteroatoms. The number of hydrogen-bond acceptors (Lipinski definition) is 4. The molecule has 1 N–H and O–H groups in total. The molecule has 1 heterocycles. The van der Waals surface area contributed by atoms with Gasteiger partial charge in [-0.1, -0.05) is 42.1 Å². The summed E-state index contributed by atoms with van der Waals surface area (Å²) in [5, 5.41) is 19.3. The van der Waals surface area contributed by atoms with E-state index in [1.54, 1.807) is 26.0 Å². The molecule has 0 atom stereocenters. The maximum atomic E-state index is 13.2. The smallest absolute Gasteiger partial charge is 0.191 e. The molecular weight excluding hydrogens is 337 g/mol. The van der Waals surface area contributed by atoms with Crippen molar-refractivity contribution in [3.05, 3.63) is 66.0 Å². The summed E-state index contributed by atoms with van der Waals surface area (Å²) in [5.74, 6) is 0.903. The van der Waals surface area contributed by atoms with E-state index in [1.807, 2.05) is 34.9 Å². The van der Waals surface area contributed by atoms with Crippen LogP contribution in [0, 0.1) is 5.82 Å². The van der Waals surface area contributed by atoms with E-state index in [0.29, 0.717) is 18.1 Å². The summed E-state index contributed by atoms with van der Waals surface area (Å²) in [6.07, 6.45) is 0. The van der Waals surface area contributed by atoms with Crippen LogP contribution in [0.4, 0.5) is 4.39 Å². The second-order valence-corrected chi connectivity index (χ2v) is 7.43. The predicted octanol–water partition coefficient (Wildman–Crippen LogP) is 4.00. The van der Waals surface area contributed by atoms with Crippen molar-refractivity contribution in [3.8, 4) is 11.4 Å². The van der Waals surface area contributed by atoms with Gasteiger partial charge in [-0.05, 0) is 43.7 Å². The molecule has 0 aliphatic heterocycles. The third-order valence-corrected chi connectivity index (χ3v) is 4.97. The molecule has 2 aromatic carbocycles. The van der Waals surface area contributed by atoms with Crippen LogP contribution in [0.5, 0.6) is 0 Å². The molecule has 0 amide bonds. The fourth-order valence-corrected chi connectivity index (χ4v) is 3.25. The Morgan fingerprint density at radius 2 is 1.72 bits per heavy atom. The number of rotatable bonds is 6. The molecule has 0 aliphatic carbocycles. The standard InChI is InChI=1S/C19H20FN3OS/c1-19(2,24)13-25-18-22-21-17(15-8-10-16(20)11-9-15)23(18)12-14-6-4-3-5-7-14/h3-11,24H,12-13H2,1-2H3. The monoisotopic (exact) mass is 357 g/mol. The summed E-state index contributed by atoms with van der Waals surface area (Å²) in [7, 11) is 0. The van der Waals surface area contributed by atoms with Gasteiger partial charge in [-0.3, -0.25) is 4.57 Å². The Hall–Kier alpha value is -2.18. The third kappa shape index (κ3) is 4.67. The van der Waals surface area contributed by atoms with E-state index in [-0.39, 0.29) is 5.82 Å². The second kappa shape index (κ2) is 7.37. The third-order valence-electron chi connectivity index (χ3n) is 3.56. The van der Waals surface area contributed by atoms with Gasteiger partial charge in [0.15, 0.2) is 11.0 Å². The molecular formula is C19H20FN3OS. The highest BCUT2D eigenvalue weighted by atomic mass is 32.2. The first-order valence-corrected chi connectivity index (χ1v) is 8.99. The van der Waals surface area contributed by atoms with E-state index in [4.69, 9.17) is 0 Å². The molecule has 0 bridgehead atoms. The Kier molecular flexibility index (Phi) is 5.20. The van der Waals surface area contributed by atoms with E-state index in [9.17, 15) is 9.50 Å². The Labute approximate surface area is 150 Å². The van der Waals surface area contributed by atoms with Gasteiger partial charge in [0.25, 0.3) is 0 Å². The molecule has 0 spiro atoms. The minimum absolute atomic E-state index is 0.283. The van der Waals surface area contributed by atoms with Crippen molar-refractivity contribution in [2.45, 2.75) is 31.1 Å². The van der Waals surface area contributed by atoms with Crippen LogP contribution in [-0.4, -0.2) is 31.2 Å². The number of benzene rings is 2. The normalized spacial score (nSPS) is 11.7. The van der Waals surface area contributed by atoms with Crippen LogP contribution in [0.15, 0.2) is 59.8 Å². The summed E-state index contributed by atoms with van der Waals surface area (Å²) in [5.41, 5.74) is 1.13. The van der Waals surface area contributed by atoms with Crippen molar-refractivity contribution in [3.63, 3.8) is 0 Å². The fourth-order valence-electron chi connectivity index (χ4n) is 2.36. The van der Waals surface area contributed by atoms with E-state index < -0.39 is 5.60 Å². The lowest BCUT2D eigenvalue weighted by molar-refractivity contribution is 0.107. The molecule has 0 aliphatic rings. The van der Waals surface area contributed by atoms with E-state index in [1.165, 1.54) is 23.9 Å². The number of hydrogen-bond donors (Lipinski definition) is 1. The average molecular weight is 357 g/mol. The lowest BCUT2D eigenvalue weighted by Crippen LogP contribution is -2.22. The predicted molar refractivity (Wildman–Crippen MR) is 98.0 cm³/mol. The zero-order chi connectivity index (χ0) is 17.9. The van der Waals surface area contributed by atoms with E-state index in [2.05, 4.69) is 10.2 Å². The SMILES string of the molecule is CC(C)(O)CSc1nnc(-c2ccc(F)cc2)n1Cc1ccccc1. The van der Waals surface area contributed by atoms with Gasteiger partial charge in [0.05, 0.1) is 12.1 Å². The first-order valence-electron chi connectivity index (χ1n) is 8.01. The first kappa shape index (κ1) is 17.6. The first-order chi connectivity index (χ1) is 11.9. The minimum atomic E-state index is -0.801. The van der Waals surface area contributed by atoms with Crippen LogP contribution < -0.4 is 0 Å². The zero-order valence-electron chi connectivity index (χ0n) is 14.2. The topological polar surface area (TPSA) is 50.9 Å². The van der Waals surface area contributed by atoms with Gasteiger partial charge in [0.2, 0.25) is 0 Å². The Balaban J connectivity index is 1.96. The molecule has 4 nitrogen and oxygen atoms in total. The highest BCUT2D eigenvalue weighted by molar-refractivity contribution is 7.99. The van der Waals surface area contributed by atoms with Crippen LogP contribution in [-0.2, 0) is 6.54 Å². The molecule has 0 unspecified atom stereocenters. The minimum Gasteiger partial charge on any atom is -0.390 e. The number of nitrogens with zero attached hydrogens (tertiary/aromatic N) is 3. The lowest BCUT2D eigenvalue weighted by Gasteiger charge is -2.16. The van der Waals surface area contributed by atoms with E-state index >= 15 is 0 Å². The van der Waals surface area contributed by atoms with Gasteiger partial charge in [-0.25, -0.2) is 4.39 Å². The summed E-state index contributed by atoms with van der Waals surface area (Å²) < 4.78 is 15.2. The molecule has 25 heavy (non-hydrogen) atoms. The molecule has 3 aromatic rings. The Morgan fingerprint density at radius 1 is 1.04 bits per heavy atom. The van der Waals surface area contributed by atoms with Crippen molar-refractivity contribution in [2.75, 3.05) is 5.75 Å². The largest absolute Gasteiger partial charge is 0.390 e. The lowest BCUT2D eigenvalue weighted by atomic mass is 10.2. The van der Waals surface area contributed by atoms with Gasteiger partial charge < -0.3 is 5.11 Å². The Bertz CT molecular complexity index is 826. The van der Waals surface area contributed by atoms with Gasteiger partial charge >= 0.3 is 0 Å². The highest BCUT2D eigenvalue weighted by Crippen LogP contribution is 2.27. The summed E-state index contributed by atoms with van der Waals surface area (Å²) in [6.45, 7) is 4.13. The summed E-state index contributed by atoms with van der Waals surface area (Å²) >= 11 is 1.46.